The van der Waals surface area contributed by atoms with E-state index in [-0.39, 0.29) is 11.5 Å². The minimum Gasteiger partial charge on any atom is -0.288 e. The third-order valence-electron chi connectivity index (χ3n) is 3.46. The van der Waals surface area contributed by atoms with E-state index in [2.05, 4.69) is 5.10 Å². The second-order valence-corrected chi connectivity index (χ2v) is 4.87. The molecule has 1 aromatic heterocycles. The third-order valence-corrected chi connectivity index (χ3v) is 3.46. The Morgan fingerprint density at radius 2 is 1.64 bits per heavy atom. The summed E-state index contributed by atoms with van der Waals surface area (Å²) in [6.07, 6.45) is 0. The van der Waals surface area contributed by atoms with Crippen molar-refractivity contribution in [3.63, 3.8) is 0 Å². The summed E-state index contributed by atoms with van der Waals surface area (Å²) in [7, 11) is 1.74. The van der Waals surface area contributed by atoms with Gasteiger partial charge >= 0.3 is 0 Å². The summed E-state index contributed by atoms with van der Waals surface area (Å²) in [6.45, 7) is 0. The number of benzene rings is 2. The van der Waals surface area contributed by atoms with Crippen molar-refractivity contribution in [2.45, 2.75) is 0 Å². The number of hydrogen-bond acceptors (Lipinski definition) is 3. The molecule has 0 atom stereocenters. The number of aryl methyl sites for hydroxylation is 1. The average Bonchev–Trinajstić information content (AvgIpc) is 2.92. The van der Waals surface area contributed by atoms with Crippen LogP contribution in [-0.4, -0.2) is 15.6 Å². The maximum Gasteiger partial charge on any atom is 0.198 e. The largest absolute Gasteiger partial charge is 0.288 e. The van der Waals surface area contributed by atoms with Crippen LogP contribution in [0.15, 0.2) is 60.7 Å². The van der Waals surface area contributed by atoms with Gasteiger partial charge in [-0.1, -0.05) is 60.7 Å². The molecule has 4 nitrogen and oxygen atoms in total. The van der Waals surface area contributed by atoms with E-state index < -0.39 is 0 Å². The van der Waals surface area contributed by atoms with E-state index in [1.807, 2.05) is 42.5 Å². The second-order valence-electron chi connectivity index (χ2n) is 4.87. The summed E-state index contributed by atoms with van der Waals surface area (Å²) in [6, 6.07) is 20.5. The zero-order valence-electron chi connectivity index (χ0n) is 12.0. The van der Waals surface area contributed by atoms with Crippen molar-refractivity contribution in [2.75, 3.05) is 0 Å². The maximum absolute atomic E-state index is 12.8. The van der Waals surface area contributed by atoms with Crippen molar-refractivity contribution in [2.24, 2.45) is 7.05 Å². The van der Waals surface area contributed by atoms with Crippen LogP contribution >= 0.6 is 0 Å². The number of nitriles is 1. The van der Waals surface area contributed by atoms with Crippen LogP contribution in [0.4, 0.5) is 0 Å². The predicted octanol–water partition coefficient (Wildman–Crippen LogP) is 3.19. The Bertz CT molecular complexity index is 859. The van der Waals surface area contributed by atoms with Crippen LogP contribution in [-0.2, 0) is 7.05 Å². The fraction of sp³-hybridized carbons (Fsp3) is 0.0556. The Kier molecular flexibility index (Phi) is 3.55. The summed E-state index contributed by atoms with van der Waals surface area (Å²) in [5.41, 5.74) is 2.56. The van der Waals surface area contributed by atoms with E-state index >= 15 is 0 Å². The van der Waals surface area contributed by atoms with Crippen molar-refractivity contribution in [1.29, 1.82) is 5.26 Å². The number of carbonyl (C=O) groups is 1. The lowest BCUT2D eigenvalue weighted by Crippen LogP contribution is -2.05. The first-order valence-corrected chi connectivity index (χ1v) is 6.84. The van der Waals surface area contributed by atoms with Gasteiger partial charge in [0.15, 0.2) is 11.5 Å². The highest BCUT2D eigenvalue weighted by molar-refractivity contribution is 6.13. The molecule has 0 spiro atoms. The van der Waals surface area contributed by atoms with E-state index in [1.165, 1.54) is 0 Å². The Hall–Kier alpha value is -3.19. The summed E-state index contributed by atoms with van der Waals surface area (Å²) in [5, 5.41) is 13.5. The predicted molar refractivity (Wildman–Crippen MR) is 83.2 cm³/mol. The number of carbonyl (C=O) groups excluding carboxylic acids is 1. The molecule has 0 saturated heterocycles. The minimum absolute atomic E-state index is 0.148. The molecule has 2 aromatic carbocycles. The molecule has 0 fully saturated rings. The molecule has 0 bridgehead atoms. The summed E-state index contributed by atoms with van der Waals surface area (Å²) in [5.74, 6) is -0.191. The Morgan fingerprint density at radius 1 is 1.05 bits per heavy atom. The van der Waals surface area contributed by atoms with Gasteiger partial charge in [0.05, 0.1) is 11.3 Å². The molecule has 3 aromatic rings. The van der Waals surface area contributed by atoms with Gasteiger partial charge in [0.25, 0.3) is 0 Å². The van der Waals surface area contributed by atoms with Crippen molar-refractivity contribution >= 4 is 5.78 Å². The van der Waals surface area contributed by atoms with Crippen LogP contribution in [0.25, 0.3) is 11.3 Å². The highest BCUT2D eigenvalue weighted by atomic mass is 16.1. The van der Waals surface area contributed by atoms with Crippen LogP contribution in [0, 0.1) is 11.3 Å². The van der Waals surface area contributed by atoms with Gasteiger partial charge in [-0.15, -0.1) is 0 Å². The molecule has 0 N–H and O–H groups in total. The quantitative estimate of drug-likeness (QED) is 0.695. The molecular formula is C18H13N3O. The fourth-order valence-corrected chi connectivity index (χ4v) is 2.48. The number of ketones is 1. The molecule has 0 unspecified atom stereocenters. The lowest BCUT2D eigenvalue weighted by atomic mass is 9.98. The fourth-order valence-electron chi connectivity index (χ4n) is 2.48. The van der Waals surface area contributed by atoms with E-state index in [4.69, 9.17) is 0 Å². The molecule has 1 heterocycles. The standard InChI is InChI=1S/C18H13N3O/c1-21-17(13-8-4-2-5-9-13)16(15(12-19)20-21)18(22)14-10-6-3-7-11-14/h2-11H,1H3. The van der Waals surface area contributed by atoms with Gasteiger partial charge in [-0.2, -0.15) is 10.4 Å². The van der Waals surface area contributed by atoms with Gasteiger partial charge in [0.1, 0.15) is 6.07 Å². The van der Waals surface area contributed by atoms with Crippen molar-refractivity contribution < 1.29 is 4.79 Å². The molecular weight excluding hydrogens is 274 g/mol. The topological polar surface area (TPSA) is 58.7 Å². The summed E-state index contributed by atoms with van der Waals surface area (Å²) >= 11 is 0. The number of hydrogen-bond donors (Lipinski definition) is 0. The zero-order valence-corrected chi connectivity index (χ0v) is 12.0. The average molecular weight is 287 g/mol. The molecule has 22 heavy (non-hydrogen) atoms. The number of rotatable bonds is 3. The van der Waals surface area contributed by atoms with Crippen LogP contribution in [0.3, 0.4) is 0 Å². The van der Waals surface area contributed by atoms with Gasteiger partial charge in [-0.25, -0.2) is 0 Å². The normalized spacial score (nSPS) is 10.2. The van der Waals surface area contributed by atoms with Crippen LogP contribution in [0.2, 0.25) is 0 Å². The van der Waals surface area contributed by atoms with Crippen molar-refractivity contribution in [3.05, 3.63) is 77.5 Å². The van der Waals surface area contributed by atoms with Gasteiger partial charge in [-0.05, 0) is 0 Å². The minimum atomic E-state index is -0.191. The first-order chi connectivity index (χ1) is 10.7. The molecule has 0 aliphatic carbocycles. The first kappa shape index (κ1) is 13.8. The molecule has 0 radical (unpaired) electrons. The maximum atomic E-state index is 12.8. The summed E-state index contributed by atoms with van der Waals surface area (Å²) < 4.78 is 1.59. The van der Waals surface area contributed by atoms with Gasteiger partial charge < -0.3 is 0 Å². The van der Waals surface area contributed by atoms with Crippen LogP contribution in [0.1, 0.15) is 21.6 Å². The molecule has 3 rings (SSSR count). The molecule has 0 aliphatic rings. The number of nitrogens with zero attached hydrogens (tertiary/aromatic N) is 3. The van der Waals surface area contributed by atoms with Gasteiger partial charge in [0, 0.05) is 18.2 Å². The zero-order chi connectivity index (χ0) is 15.5. The monoisotopic (exact) mass is 287 g/mol. The lowest BCUT2D eigenvalue weighted by molar-refractivity contribution is 0.103. The van der Waals surface area contributed by atoms with E-state index in [0.717, 1.165) is 5.56 Å². The lowest BCUT2D eigenvalue weighted by Gasteiger charge is -2.06. The van der Waals surface area contributed by atoms with E-state index in [1.54, 1.807) is 36.0 Å². The van der Waals surface area contributed by atoms with Crippen LogP contribution in [0.5, 0.6) is 0 Å². The van der Waals surface area contributed by atoms with Gasteiger partial charge in [0.2, 0.25) is 0 Å². The third kappa shape index (κ3) is 2.29. The van der Waals surface area contributed by atoms with Crippen molar-refractivity contribution in [1.82, 2.24) is 9.78 Å². The molecule has 0 saturated carbocycles. The molecule has 106 valence electrons. The second kappa shape index (κ2) is 5.66. The van der Waals surface area contributed by atoms with Crippen molar-refractivity contribution in [3.8, 4) is 17.3 Å². The van der Waals surface area contributed by atoms with E-state index in [0.29, 0.717) is 16.8 Å². The molecule has 4 heteroatoms. The Morgan fingerprint density at radius 3 is 2.23 bits per heavy atom. The molecule has 0 aliphatic heterocycles. The molecule has 0 amide bonds. The van der Waals surface area contributed by atoms with E-state index in [9.17, 15) is 10.1 Å². The Balaban J connectivity index is 2.23. The van der Waals surface area contributed by atoms with Crippen LogP contribution < -0.4 is 0 Å². The first-order valence-electron chi connectivity index (χ1n) is 6.84. The Labute approximate surface area is 128 Å². The van der Waals surface area contributed by atoms with Gasteiger partial charge in [-0.3, -0.25) is 9.48 Å². The highest BCUT2D eigenvalue weighted by Gasteiger charge is 2.24. The highest BCUT2D eigenvalue weighted by Crippen LogP contribution is 2.27. The smallest absolute Gasteiger partial charge is 0.198 e. The summed E-state index contributed by atoms with van der Waals surface area (Å²) in [4.78, 5) is 12.8. The SMILES string of the molecule is Cn1nc(C#N)c(C(=O)c2ccccc2)c1-c1ccccc1. The number of aromatic nitrogens is 2.